The maximum absolute atomic E-state index is 3.83. The summed E-state index contributed by atoms with van der Waals surface area (Å²) in [5.41, 5.74) is 10.5. The number of H-pyrrole nitrogens is 1. The van der Waals surface area contributed by atoms with Crippen molar-refractivity contribution >= 4 is 70.4 Å². The van der Waals surface area contributed by atoms with Crippen molar-refractivity contribution in [3.05, 3.63) is 164 Å². The molecular formula is C42H28N2S. The highest BCUT2D eigenvalue weighted by Gasteiger charge is 2.21. The van der Waals surface area contributed by atoms with E-state index in [0.717, 1.165) is 28.1 Å². The van der Waals surface area contributed by atoms with Gasteiger partial charge in [-0.1, -0.05) is 115 Å². The van der Waals surface area contributed by atoms with Gasteiger partial charge in [-0.15, -0.1) is 11.3 Å². The Bertz CT molecular complexity index is 2470. The summed E-state index contributed by atoms with van der Waals surface area (Å²) in [4.78, 5) is 6.21. The van der Waals surface area contributed by atoms with E-state index in [1.165, 1.54) is 53.2 Å². The van der Waals surface area contributed by atoms with Gasteiger partial charge in [0.2, 0.25) is 0 Å². The zero-order valence-corrected chi connectivity index (χ0v) is 25.3. The fourth-order valence-electron chi connectivity index (χ4n) is 6.70. The molecule has 0 saturated carbocycles. The molecule has 45 heavy (non-hydrogen) atoms. The third-order valence-electron chi connectivity index (χ3n) is 8.82. The van der Waals surface area contributed by atoms with Crippen LogP contribution in [0.15, 0.2) is 164 Å². The zero-order valence-electron chi connectivity index (χ0n) is 24.4. The lowest BCUT2D eigenvalue weighted by Gasteiger charge is -2.27. The van der Waals surface area contributed by atoms with E-state index >= 15 is 0 Å². The van der Waals surface area contributed by atoms with Crippen LogP contribution >= 0.6 is 11.3 Å². The molecule has 212 valence electrons. The second-order valence-electron chi connectivity index (χ2n) is 11.4. The monoisotopic (exact) mass is 592 g/mol. The number of nitrogens with one attached hydrogen (secondary N) is 1. The van der Waals surface area contributed by atoms with Gasteiger partial charge in [-0.3, -0.25) is 0 Å². The molecule has 2 nitrogen and oxygen atoms in total. The van der Waals surface area contributed by atoms with Crippen LogP contribution in [0.25, 0.3) is 64.2 Å². The first kappa shape index (κ1) is 25.8. The number of aromatic nitrogens is 1. The van der Waals surface area contributed by atoms with Gasteiger partial charge >= 0.3 is 0 Å². The van der Waals surface area contributed by atoms with Crippen molar-refractivity contribution in [3.8, 4) is 22.3 Å². The van der Waals surface area contributed by atoms with Crippen LogP contribution in [0.4, 0.5) is 17.1 Å². The normalized spacial score (nSPS) is 11.6. The lowest BCUT2D eigenvalue weighted by molar-refractivity contribution is 1.30. The van der Waals surface area contributed by atoms with E-state index < -0.39 is 0 Å². The molecule has 0 fully saturated rings. The van der Waals surface area contributed by atoms with Crippen molar-refractivity contribution in [2.75, 3.05) is 4.90 Å². The van der Waals surface area contributed by atoms with E-state index in [0.29, 0.717) is 0 Å². The van der Waals surface area contributed by atoms with Crippen molar-refractivity contribution in [1.82, 2.24) is 4.98 Å². The van der Waals surface area contributed by atoms with Gasteiger partial charge in [0.25, 0.3) is 0 Å². The molecule has 0 radical (unpaired) electrons. The predicted molar refractivity (Wildman–Crippen MR) is 194 cm³/mol. The second kappa shape index (κ2) is 10.5. The number of hydrogen-bond acceptors (Lipinski definition) is 2. The first-order chi connectivity index (χ1) is 22.3. The predicted octanol–water partition coefficient (Wildman–Crippen LogP) is 12.5. The Labute approximate surface area is 265 Å². The van der Waals surface area contributed by atoms with Crippen LogP contribution in [-0.4, -0.2) is 4.98 Å². The van der Waals surface area contributed by atoms with E-state index in [-0.39, 0.29) is 0 Å². The third-order valence-corrected chi connectivity index (χ3v) is 9.95. The van der Waals surface area contributed by atoms with Crippen LogP contribution in [0.3, 0.4) is 0 Å². The fourth-order valence-corrected chi connectivity index (χ4v) is 7.84. The summed E-state index contributed by atoms with van der Waals surface area (Å²) in [5, 5.41) is 5.08. The highest BCUT2D eigenvalue weighted by molar-refractivity contribution is 7.25. The molecule has 9 rings (SSSR count). The molecule has 2 heterocycles. The number of hydrogen-bond donors (Lipinski definition) is 1. The van der Waals surface area contributed by atoms with Crippen molar-refractivity contribution in [2.45, 2.75) is 0 Å². The Morgan fingerprint density at radius 3 is 1.89 bits per heavy atom. The molecule has 0 aliphatic rings. The first-order valence-corrected chi connectivity index (χ1v) is 16.1. The lowest BCUT2D eigenvalue weighted by Crippen LogP contribution is -2.10. The second-order valence-corrected chi connectivity index (χ2v) is 12.5. The Morgan fingerprint density at radius 2 is 1.07 bits per heavy atom. The number of rotatable bonds is 5. The minimum Gasteiger partial charge on any atom is -0.354 e. The maximum Gasteiger partial charge on any atom is 0.0565 e. The molecule has 0 aliphatic carbocycles. The molecular weight excluding hydrogens is 565 g/mol. The third kappa shape index (κ3) is 4.32. The molecule has 9 aromatic rings. The van der Waals surface area contributed by atoms with Crippen LogP contribution in [0.2, 0.25) is 0 Å². The van der Waals surface area contributed by atoms with Gasteiger partial charge < -0.3 is 9.88 Å². The van der Waals surface area contributed by atoms with E-state index in [2.05, 4.69) is 174 Å². The minimum absolute atomic E-state index is 1.12. The number of anilines is 3. The topological polar surface area (TPSA) is 19.0 Å². The average Bonchev–Trinajstić information content (AvgIpc) is 3.68. The van der Waals surface area contributed by atoms with Gasteiger partial charge in [-0.25, -0.2) is 0 Å². The van der Waals surface area contributed by atoms with Crippen molar-refractivity contribution in [2.24, 2.45) is 0 Å². The molecule has 3 heteroatoms. The Morgan fingerprint density at radius 1 is 0.444 bits per heavy atom. The van der Waals surface area contributed by atoms with Gasteiger partial charge in [-0.2, -0.15) is 0 Å². The van der Waals surface area contributed by atoms with E-state index in [1.807, 2.05) is 11.3 Å². The summed E-state index contributed by atoms with van der Waals surface area (Å²) >= 11 is 1.86. The molecule has 0 amide bonds. The molecule has 0 spiro atoms. The van der Waals surface area contributed by atoms with Gasteiger partial charge in [0.05, 0.1) is 11.2 Å². The quantitative estimate of drug-likeness (QED) is 0.211. The van der Waals surface area contributed by atoms with E-state index in [4.69, 9.17) is 0 Å². The molecule has 1 N–H and O–H groups in total. The van der Waals surface area contributed by atoms with Gasteiger partial charge in [0, 0.05) is 53.4 Å². The summed E-state index contributed by atoms with van der Waals surface area (Å²) in [6.07, 6.45) is 0. The highest BCUT2D eigenvalue weighted by Crippen LogP contribution is 2.46. The number of benzene rings is 7. The van der Waals surface area contributed by atoms with E-state index in [9.17, 15) is 0 Å². The summed E-state index contributed by atoms with van der Waals surface area (Å²) < 4.78 is 2.64. The van der Waals surface area contributed by atoms with Crippen LogP contribution in [0, 0.1) is 0 Å². The summed E-state index contributed by atoms with van der Waals surface area (Å²) in [6.45, 7) is 0. The fraction of sp³-hybridized carbons (Fsp3) is 0. The van der Waals surface area contributed by atoms with Crippen LogP contribution in [-0.2, 0) is 0 Å². The molecule has 0 atom stereocenters. The molecule has 2 aromatic heterocycles. The number of nitrogens with zero attached hydrogens (tertiary/aromatic N) is 1. The van der Waals surface area contributed by atoms with E-state index in [1.54, 1.807) is 0 Å². The van der Waals surface area contributed by atoms with Crippen molar-refractivity contribution in [3.63, 3.8) is 0 Å². The smallest absolute Gasteiger partial charge is 0.0565 e. The molecule has 0 bridgehead atoms. The van der Waals surface area contributed by atoms with Gasteiger partial charge in [-0.05, 0) is 65.2 Å². The minimum atomic E-state index is 1.12. The van der Waals surface area contributed by atoms with Crippen molar-refractivity contribution < 1.29 is 0 Å². The zero-order chi connectivity index (χ0) is 29.7. The number of aromatic amines is 1. The average molecular weight is 593 g/mol. The Hall–Kier alpha value is -5.64. The Kier molecular flexibility index (Phi) is 6.03. The Balaban J connectivity index is 1.26. The SMILES string of the molecule is c1ccc(-c2ccc(N(c3ccccc3)c3ccc(-c4ccc5c(c4)sc4ccccc45)c4[nH]c5ccccc5c34)cc2)cc1. The number of fused-ring (bicyclic) bond motifs is 6. The highest BCUT2D eigenvalue weighted by atomic mass is 32.1. The van der Waals surface area contributed by atoms with Gasteiger partial charge in [0.1, 0.15) is 0 Å². The summed E-state index contributed by atoms with van der Waals surface area (Å²) in [7, 11) is 0. The van der Waals surface area contributed by atoms with Gasteiger partial charge in [0.15, 0.2) is 0 Å². The van der Waals surface area contributed by atoms with Crippen LogP contribution in [0.5, 0.6) is 0 Å². The number of para-hydroxylation sites is 2. The molecule has 0 unspecified atom stereocenters. The van der Waals surface area contributed by atoms with Crippen molar-refractivity contribution in [1.29, 1.82) is 0 Å². The standard InChI is InChI=1S/C42H28N2S/c1-3-11-28(12-4-1)29-19-22-32(23-20-29)44(31-13-5-2-6-14-31)38-26-25-33(42-41(38)36-16-7-9-17-37(36)43-42)30-21-24-35-34-15-8-10-18-39(34)45-40(35)27-30/h1-27,43H. The molecule has 0 aliphatic heterocycles. The lowest BCUT2D eigenvalue weighted by atomic mass is 9.98. The maximum atomic E-state index is 3.83. The summed E-state index contributed by atoms with van der Waals surface area (Å²) in [6, 6.07) is 59.0. The molecule has 7 aromatic carbocycles. The number of thiophene rings is 1. The van der Waals surface area contributed by atoms with Crippen LogP contribution in [0.1, 0.15) is 0 Å². The van der Waals surface area contributed by atoms with Crippen LogP contribution < -0.4 is 4.90 Å². The first-order valence-electron chi connectivity index (χ1n) is 15.3. The largest absolute Gasteiger partial charge is 0.354 e. The summed E-state index contributed by atoms with van der Waals surface area (Å²) in [5.74, 6) is 0. The molecule has 0 saturated heterocycles.